The number of hydrogen-bond donors (Lipinski definition) is 4. The van der Waals surface area contributed by atoms with Crippen LogP contribution in [0.3, 0.4) is 0 Å². The highest BCUT2D eigenvalue weighted by Gasteiger charge is 2.14. The van der Waals surface area contributed by atoms with Crippen molar-refractivity contribution >= 4 is 11.0 Å². The Balaban J connectivity index is 1.96. The predicted octanol–water partition coefficient (Wildman–Crippen LogP) is 0.986. The number of aromatic amines is 2. The third-order valence-corrected chi connectivity index (χ3v) is 3.22. The Kier molecular flexibility index (Phi) is 4.07. The molecule has 0 aliphatic carbocycles. The summed E-state index contributed by atoms with van der Waals surface area (Å²) >= 11 is 0. The molecule has 0 aliphatic rings. The van der Waals surface area contributed by atoms with Gasteiger partial charge in [0.05, 0.1) is 11.0 Å². The largest absolute Gasteiger partial charge is 0.323 e. The van der Waals surface area contributed by atoms with Crippen LogP contribution < -0.4 is 16.3 Å². The first kappa shape index (κ1) is 13.8. The molecular formula is C14H22N4O. The molecule has 0 fully saturated rings. The lowest BCUT2D eigenvalue weighted by Crippen LogP contribution is -2.47. The number of H-pyrrole nitrogens is 2. The molecule has 4 N–H and O–H groups in total. The fourth-order valence-corrected chi connectivity index (χ4v) is 2.28. The number of likely N-dealkylation sites (N-methyl/N-ethyl adjacent to an activating group) is 1. The van der Waals surface area contributed by atoms with Gasteiger partial charge in [0.15, 0.2) is 0 Å². The molecule has 0 amide bonds. The van der Waals surface area contributed by atoms with E-state index in [9.17, 15) is 4.79 Å². The fourth-order valence-electron chi connectivity index (χ4n) is 2.28. The maximum atomic E-state index is 11.2. The molecule has 5 heteroatoms. The van der Waals surface area contributed by atoms with Crippen LogP contribution in [0.25, 0.3) is 11.0 Å². The van der Waals surface area contributed by atoms with Crippen LogP contribution in [0.4, 0.5) is 0 Å². The van der Waals surface area contributed by atoms with E-state index < -0.39 is 0 Å². The van der Waals surface area contributed by atoms with Crippen LogP contribution in [0, 0.1) is 0 Å². The number of rotatable bonds is 6. The Bertz CT molecular complexity index is 597. The van der Waals surface area contributed by atoms with Gasteiger partial charge in [-0.15, -0.1) is 0 Å². The number of hydrogen-bond acceptors (Lipinski definition) is 3. The number of aromatic nitrogens is 2. The molecule has 104 valence electrons. The second-order valence-corrected chi connectivity index (χ2v) is 5.55. The number of imidazole rings is 1. The van der Waals surface area contributed by atoms with Crippen molar-refractivity contribution < 1.29 is 0 Å². The van der Waals surface area contributed by atoms with Gasteiger partial charge < -0.3 is 20.6 Å². The number of nitrogens with one attached hydrogen (secondary N) is 4. The summed E-state index contributed by atoms with van der Waals surface area (Å²) in [5.74, 6) is 0. The summed E-state index contributed by atoms with van der Waals surface area (Å²) in [7, 11) is 1.96. The van der Waals surface area contributed by atoms with E-state index in [1.807, 2.05) is 19.2 Å². The molecule has 0 unspecified atom stereocenters. The first-order valence-corrected chi connectivity index (χ1v) is 6.61. The molecule has 0 saturated heterocycles. The zero-order valence-corrected chi connectivity index (χ0v) is 11.8. The highest BCUT2D eigenvalue weighted by Crippen LogP contribution is 2.10. The number of fused-ring (bicyclic) bond motifs is 1. The van der Waals surface area contributed by atoms with Crippen LogP contribution in [0.2, 0.25) is 0 Å². The second kappa shape index (κ2) is 5.59. The van der Waals surface area contributed by atoms with E-state index in [4.69, 9.17) is 0 Å². The summed E-state index contributed by atoms with van der Waals surface area (Å²) in [6, 6.07) is 6.03. The van der Waals surface area contributed by atoms with E-state index in [0.717, 1.165) is 30.5 Å². The SMILES string of the molecule is CNCC(C)(C)NCCc1ccc2[nH]c(=O)[nH]c2c1. The van der Waals surface area contributed by atoms with Crippen LogP contribution in [0.5, 0.6) is 0 Å². The summed E-state index contributed by atoms with van der Waals surface area (Å²) < 4.78 is 0. The Morgan fingerprint density at radius 2 is 1.95 bits per heavy atom. The van der Waals surface area contributed by atoms with E-state index in [1.165, 1.54) is 5.56 Å². The molecule has 0 aliphatic heterocycles. The first-order valence-electron chi connectivity index (χ1n) is 6.61. The van der Waals surface area contributed by atoms with Crippen LogP contribution in [0.1, 0.15) is 19.4 Å². The Hall–Kier alpha value is -1.59. The van der Waals surface area contributed by atoms with Crippen molar-refractivity contribution in [1.82, 2.24) is 20.6 Å². The lowest BCUT2D eigenvalue weighted by atomic mass is 10.0. The van der Waals surface area contributed by atoms with Gasteiger partial charge in [0.25, 0.3) is 0 Å². The summed E-state index contributed by atoms with van der Waals surface area (Å²) in [5.41, 5.74) is 2.88. The lowest BCUT2D eigenvalue weighted by Gasteiger charge is -2.26. The topological polar surface area (TPSA) is 72.7 Å². The average molecular weight is 262 g/mol. The monoisotopic (exact) mass is 262 g/mol. The van der Waals surface area contributed by atoms with Gasteiger partial charge in [0, 0.05) is 12.1 Å². The Labute approximate surface area is 112 Å². The van der Waals surface area contributed by atoms with Crippen molar-refractivity contribution in [3.63, 3.8) is 0 Å². The summed E-state index contributed by atoms with van der Waals surface area (Å²) in [5, 5.41) is 6.70. The zero-order chi connectivity index (χ0) is 13.9. The maximum absolute atomic E-state index is 11.2. The van der Waals surface area contributed by atoms with Crippen molar-refractivity contribution in [2.45, 2.75) is 25.8 Å². The molecule has 0 atom stereocenters. The van der Waals surface area contributed by atoms with Gasteiger partial charge in [0.2, 0.25) is 0 Å². The predicted molar refractivity (Wildman–Crippen MR) is 78.6 cm³/mol. The third-order valence-electron chi connectivity index (χ3n) is 3.22. The molecule has 1 heterocycles. The quantitative estimate of drug-likeness (QED) is 0.627. The minimum Gasteiger partial charge on any atom is -0.318 e. The van der Waals surface area contributed by atoms with Crippen molar-refractivity contribution in [2.75, 3.05) is 20.1 Å². The molecule has 2 aromatic rings. The van der Waals surface area contributed by atoms with Crippen molar-refractivity contribution in [3.8, 4) is 0 Å². The smallest absolute Gasteiger partial charge is 0.318 e. The van der Waals surface area contributed by atoms with E-state index >= 15 is 0 Å². The molecule has 19 heavy (non-hydrogen) atoms. The van der Waals surface area contributed by atoms with E-state index in [2.05, 4.69) is 40.5 Å². The lowest BCUT2D eigenvalue weighted by molar-refractivity contribution is 0.379. The second-order valence-electron chi connectivity index (χ2n) is 5.55. The maximum Gasteiger partial charge on any atom is 0.323 e. The molecule has 0 saturated carbocycles. The fraction of sp³-hybridized carbons (Fsp3) is 0.500. The van der Waals surface area contributed by atoms with Crippen molar-refractivity contribution in [3.05, 3.63) is 34.2 Å². The zero-order valence-electron chi connectivity index (χ0n) is 11.8. The minimum absolute atomic E-state index is 0.0846. The molecule has 0 radical (unpaired) electrons. The molecule has 1 aromatic carbocycles. The summed E-state index contributed by atoms with van der Waals surface area (Å²) in [4.78, 5) is 16.7. The molecule has 0 bridgehead atoms. The van der Waals surface area contributed by atoms with Crippen LogP contribution in [-0.2, 0) is 6.42 Å². The van der Waals surface area contributed by atoms with Crippen LogP contribution in [0.15, 0.2) is 23.0 Å². The van der Waals surface area contributed by atoms with Gasteiger partial charge in [-0.05, 0) is 51.6 Å². The third kappa shape index (κ3) is 3.68. The van der Waals surface area contributed by atoms with E-state index in [1.54, 1.807) is 0 Å². The van der Waals surface area contributed by atoms with Gasteiger partial charge in [-0.2, -0.15) is 0 Å². The summed E-state index contributed by atoms with van der Waals surface area (Å²) in [6.45, 7) is 6.19. The Morgan fingerprint density at radius 1 is 1.21 bits per heavy atom. The molecular weight excluding hydrogens is 240 g/mol. The average Bonchev–Trinajstić information content (AvgIpc) is 2.68. The highest BCUT2D eigenvalue weighted by molar-refractivity contribution is 5.74. The van der Waals surface area contributed by atoms with Crippen LogP contribution >= 0.6 is 0 Å². The minimum atomic E-state index is -0.152. The van der Waals surface area contributed by atoms with Crippen molar-refractivity contribution in [2.24, 2.45) is 0 Å². The molecule has 2 rings (SSSR count). The van der Waals surface area contributed by atoms with E-state index in [0.29, 0.717) is 0 Å². The normalized spacial score (nSPS) is 12.2. The molecule has 1 aromatic heterocycles. The van der Waals surface area contributed by atoms with Gasteiger partial charge in [-0.3, -0.25) is 0 Å². The van der Waals surface area contributed by atoms with E-state index in [-0.39, 0.29) is 11.2 Å². The van der Waals surface area contributed by atoms with Gasteiger partial charge in [-0.25, -0.2) is 4.79 Å². The standard InChI is InChI=1S/C14H22N4O/c1-14(2,9-15-3)16-7-6-10-4-5-11-12(8-10)18-13(19)17-11/h4-5,8,15-16H,6-7,9H2,1-3H3,(H2,17,18,19). The van der Waals surface area contributed by atoms with Gasteiger partial charge in [0.1, 0.15) is 0 Å². The van der Waals surface area contributed by atoms with Gasteiger partial charge in [-0.1, -0.05) is 6.07 Å². The molecule has 0 spiro atoms. The van der Waals surface area contributed by atoms with Gasteiger partial charge >= 0.3 is 5.69 Å². The number of benzene rings is 1. The van der Waals surface area contributed by atoms with Crippen molar-refractivity contribution in [1.29, 1.82) is 0 Å². The molecule has 5 nitrogen and oxygen atoms in total. The highest BCUT2D eigenvalue weighted by atomic mass is 16.1. The van der Waals surface area contributed by atoms with Crippen LogP contribution in [-0.4, -0.2) is 35.6 Å². The Morgan fingerprint density at radius 3 is 2.68 bits per heavy atom. The summed E-state index contributed by atoms with van der Waals surface area (Å²) in [6.07, 6.45) is 0.941. The first-order chi connectivity index (χ1) is 9.00.